The molecule has 1 aromatic heterocycles. The number of rotatable bonds is 10. The van der Waals surface area contributed by atoms with E-state index >= 15 is 0 Å². The Hall–Kier alpha value is -3.95. The molecule has 0 radical (unpaired) electrons. The van der Waals surface area contributed by atoms with Crippen molar-refractivity contribution < 1.29 is 27.1 Å². The van der Waals surface area contributed by atoms with E-state index in [4.69, 9.17) is 13.9 Å². The predicted molar refractivity (Wildman–Crippen MR) is 145 cm³/mol. The Labute approximate surface area is 221 Å². The highest BCUT2D eigenvalue weighted by atomic mass is 32.2. The number of fused-ring (bicyclic) bond motifs is 1. The average molecular weight is 536 g/mol. The number of esters is 1. The summed E-state index contributed by atoms with van der Waals surface area (Å²) < 4.78 is 44.5. The predicted octanol–water partition coefficient (Wildman–Crippen LogP) is 5.22. The Bertz CT molecular complexity index is 1590. The minimum atomic E-state index is -3.95. The van der Waals surface area contributed by atoms with Crippen LogP contribution in [0, 0.1) is 6.92 Å². The van der Waals surface area contributed by atoms with Crippen molar-refractivity contribution in [2.45, 2.75) is 44.0 Å². The van der Waals surface area contributed by atoms with E-state index in [0.717, 1.165) is 17.5 Å². The highest BCUT2D eigenvalue weighted by Gasteiger charge is 2.27. The summed E-state index contributed by atoms with van der Waals surface area (Å²) >= 11 is 0. The average Bonchev–Trinajstić information content (AvgIpc) is 2.90. The zero-order valence-corrected chi connectivity index (χ0v) is 22.2. The molecule has 0 unspecified atom stereocenters. The number of nitrogens with one attached hydrogen (secondary N) is 1. The van der Waals surface area contributed by atoms with Gasteiger partial charge in [0.15, 0.2) is 0 Å². The summed E-state index contributed by atoms with van der Waals surface area (Å²) in [5, 5.41) is 0.650. The summed E-state index contributed by atoms with van der Waals surface area (Å²) in [5.74, 6) is 0.0709. The molecule has 4 rings (SSSR count). The lowest BCUT2D eigenvalue weighted by Gasteiger charge is -2.18. The van der Waals surface area contributed by atoms with E-state index in [9.17, 15) is 18.0 Å². The molecule has 0 aliphatic carbocycles. The molecular formula is C29H29NO7S. The Morgan fingerprint density at radius 1 is 0.974 bits per heavy atom. The molecule has 9 heteroatoms. The Morgan fingerprint density at radius 3 is 2.32 bits per heavy atom. The van der Waals surface area contributed by atoms with Crippen molar-refractivity contribution in [1.29, 1.82) is 0 Å². The van der Waals surface area contributed by atoms with Crippen molar-refractivity contribution >= 4 is 27.0 Å². The fraction of sp³-hybridized carbons (Fsp3) is 0.241. The van der Waals surface area contributed by atoms with Crippen LogP contribution in [-0.2, 0) is 14.8 Å². The van der Waals surface area contributed by atoms with E-state index < -0.39 is 27.7 Å². The molecule has 1 atom stereocenters. The third-order valence-electron chi connectivity index (χ3n) is 6.10. The molecule has 8 nitrogen and oxygen atoms in total. The molecule has 1 heterocycles. The van der Waals surface area contributed by atoms with Crippen molar-refractivity contribution in [3.63, 3.8) is 0 Å². The summed E-state index contributed by atoms with van der Waals surface area (Å²) in [6.07, 6.45) is 1.66. The number of hydrogen-bond acceptors (Lipinski definition) is 7. The summed E-state index contributed by atoms with van der Waals surface area (Å²) in [6, 6.07) is 18.7. The third-order valence-corrected chi connectivity index (χ3v) is 7.58. The molecule has 0 fully saturated rings. The Morgan fingerprint density at radius 2 is 1.66 bits per heavy atom. The van der Waals surface area contributed by atoms with Gasteiger partial charge < -0.3 is 13.9 Å². The third kappa shape index (κ3) is 6.30. The van der Waals surface area contributed by atoms with Gasteiger partial charge in [0.1, 0.15) is 23.1 Å². The first-order valence-corrected chi connectivity index (χ1v) is 13.7. The van der Waals surface area contributed by atoms with Gasteiger partial charge in [-0.3, -0.25) is 0 Å². The number of aryl methyl sites for hydroxylation is 1. The van der Waals surface area contributed by atoms with Crippen molar-refractivity contribution in [3.8, 4) is 22.6 Å². The molecule has 0 aliphatic rings. The number of hydrogen-bond donors (Lipinski definition) is 1. The zero-order valence-electron chi connectivity index (χ0n) is 21.4. The highest BCUT2D eigenvalue weighted by molar-refractivity contribution is 7.89. The fourth-order valence-electron chi connectivity index (χ4n) is 4.01. The topological polar surface area (TPSA) is 112 Å². The standard InChI is InChI=1S/C29H29NO7S/c1-4-5-6-26(30-38(33,34)23-14-7-19(2)8-15-23)29(32)36-22-13-16-24-25(18-28(31)37-27(24)17-22)20-9-11-21(35-3)12-10-20/h7-18,26,30H,4-6H2,1-3H3/t26-/m1/s1. The number of unbranched alkanes of at least 4 members (excludes halogenated alkanes) is 1. The minimum absolute atomic E-state index is 0.0657. The van der Waals surface area contributed by atoms with Gasteiger partial charge in [-0.2, -0.15) is 4.72 Å². The van der Waals surface area contributed by atoms with Crippen LogP contribution in [0.1, 0.15) is 31.7 Å². The molecular weight excluding hydrogens is 506 g/mol. The van der Waals surface area contributed by atoms with Crippen LogP contribution in [0.5, 0.6) is 11.5 Å². The van der Waals surface area contributed by atoms with Crippen LogP contribution in [0.25, 0.3) is 22.1 Å². The van der Waals surface area contributed by atoms with Gasteiger partial charge >= 0.3 is 11.6 Å². The quantitative estimate of drug-likeness (QED) is 0.168. The van der Waals surface area contributed by atoms with Crippen molar-refractivity contribution in [2.75, 3.05) is 7.11 Å². The molecule has 38 heavy (non-hydrogen) atoms. The molecule has 0 saturated carbocycles. The van der Waals surface area contributed by atoms with Gasteiger partial charge in [-0.1, -0.05) is 49.6 Å². The SMILES string of the molecule is CCCC[C@@H](NS(=O)(=O)c1ccc(C)cc1)C(=O)Oc1ccc2c(-c3ccc(OC)cc3)cc(=O)oc2c1. The number of carbonyl (C=O) groups excluding carboxylic acids is 1. The van der Waals surface area contributed by atoms with Crippen LogP contribution in [-0.4, -0.2) is 27.5 Å². The first kappa shape index (κ1) is 27.1. The lowest BCUT2D eigenvalue weighted by molar-refractivity contribution is -0.136. The summed E-state index contributed by atoms with van der Waals surface area (Å²) in [6.45, 7) is 3.81. The normalized spacial score (nSPS) is 12.3. The van der Waals surface area contributed by atoms with Gasteiger partial charge in [0.25, 0.3) is 0 Å². The smallest absolute Gasteiger partial charge is 0.336 e. The molecule has 1 N–H and O–H groups in total. The number of benzene rings is 3. The fourth-order valence-corrected chi connectivity index (χ4v) is 5.23. The highest BCUT2D eigenvalue weighted by Crippen LogP contribution is 2.31. The van der Waals surface area contributed by atoms with Crippen LogP contribution < -0.4 is 19.8 Å². The summed E-state index contributed by atoms with van der Waals surface area (Å²) in [5.41, 5.74) is 2.04. The Balaban J connectivity index is 1.60. The number of ether oxygens (including phenoxy) is 2. The second-order valence-corrected chi connectivity index (χ2v) is 10.6. The van der Waals surface area contributed by atoms with E-state index in [1.807, 2.05) is 26.0 Å². The second kappa shape index (κ2) is 11.6. The number of sulfonamides is 1. The molecule has 0 bridgehead atoms. The Kier molecular flexibility index (Phi) is 8.29. The largest absolute Gasteiger partial charge is 0.497 e. The van der Waals surface area contributed by atoms with Crippen LogP contribution in [0.15, 0.2) is 86.9 Å². The summed E-state index contributed by atoms with van der Waals surface area (Å²) in [4.78, 5) is 25.4. The van der Waals surface area contributed by atoms with Crippen LogP contribution in [0.3, 0.4) is 0 Å². The van der Waals surface area contributed by atoms with Crippen LogP contribution in [0.2, 0.25) is 0 Å². The summed E-state index contributed by atoms with van der Waals surface area (Å²) in [7, 11) is -2.37. The van der Waals surface area contributed by atoms with E-state index in [2.05, 4.69) is 4.72 Å². The van der Waals surface area contributed by atoms with Gasteiger partial charge in [0.05, 0.1) is 12.0 Å². The van der Waals surface area contributed by atoms with Crippen molar-refractivity contribution in [2.24, 2.45) is 0 Å². The molecule has 0 aliphatic heterocycles. The van der Waals surface area contributed by atoms with Gasteiger partial charge in [-0.05, 0) is 60.9 Å². The molecule has 3 aromatic carbocycles. The lowest BCUT2D eigenvalue weighted by atomic mass is 10.0. The van der Waals surface area contributed by atoms with Crippen molar-refractivity contribution in [1.82, 2.24) is 4.72 Å². The monoisotopic (exact) mass is 535 g/mol. The van der Waals surface area contributed by atoms with E-state index in [1.54, 1.807) is 43.5 Å². The zero-order chi connectivity index (χ0) is 27.3. The lowest BCUT2D eigenvalue weighted by Crippen LogP contribution is -2.42. The van der Waals surface area contributed by atoms with Gasteiger partial charge in [-0.15, -0.1) is 0 Å². The molecule has 0 spiro atoms. The number of methoxy groups -OCH3 is 1. The molecule has 4 aromatic rings. The van der Waals surface area contributed by atoms with E-state index in [0.29, 0.717) is 23.1 Å². The minimum Gasteiger partial charge on any atom is -0.497 e. The number of carbonyl (C=O) groups is 1. The van der Waals surface area contributed by atoms with E-state index in [-0.39, 0.29) is 22.6 Å². The van der Waals surface area contributed by atoms with Crippen LogP contribution >= 0.6 is 0 Å². The molecule has 198 valence electrons. The maximum atomic E-state index is 13.1. The van der Waals surface area contributed by atoms with Crippen LogP contribution in [0.4, 0.5) is 0 Å². The molecule has 0 saturated heterocycles. The maximum absolute atomic E-state index is 13.1. The van der Waals surface area contributed by atoms with Crippen molar-refractivity contribution in [3.05, 3.63) is 88.8 Å². The van der Waals surface area contributed by atoms with E-state index in [1.165, 1.54) is 24.3 Å². The van der Waals surface area contributed by atoms with Gasteiger partial charge in [-0.25, -0.2) is 18.0 Å². The first-order chi connectivity index (χ1) is 18.2. The molecule has 0 amide bonds. The maximum Gasteiger partial charge on any atom is 0.336 e. The first-order valence-electron chi connectivity index (χ1n) is 12.2. The van der Waals surface area contributed by atoms with Gasteiger partial charge in [0.2, 0.25) is 10.0 Å². The van der Waals surface area contributed by atoms with Gasteiger partial charge in [0, 0.05) is 17.5 Å². The second-order valence-electron chi connectivity index (χ2n) is 8.92.